The summed E-state index contributed by atoms with van der Waals surface area (Å²) in [7, 11) is 0. The van der Waals surface area contributed by atoms with Crippen molar-refractivity contribution in [2.75, 3.05) is 19.6 Å². The molecule has 24 heavy (non-hydrogen) atoms. The van der Waals surface area contributed by atoms with E-state index >= 15 is 0 Å². The number of piperidine rings is 1. The summed E-state index contributed by atoms with van der Waals surface area (Å²) in [6.07, 6.45) is 4.89. The summed E-state index contributed by atoms with van der Waals surface area (Å²) < 4.78 is 0. The van der Waals surface area contributed by atoms with Gasteiger partial charge in [-0.3, -0.25) is 4.79 Å². The molecule has 1 aromatic rings. The van der Waals surface area contributed by atoms with Gasteiger partial charge in [0.1, 0.15) is 0 Å². The van der Waals surface area contributed by atoms with Crippen LogP contribution >= 0.6 is 24.0 Å². The standard InChI is InChI=1S/C19H27ClN2O.ClH/c1-19(2,15-4-3-5-16(20)12-15)18(23)22-10-8-17(9-11-22)21-13-14-6-7-14;/h3-5,12,14,17,21H,6-11,13H2,1-2H3;1H. The predicted molar refractivity (Wildman–Crippen MR) is 102 cm³/mol. The Balaban J connectivity index is 0.00000208. The van der Waals surface area contributed by atoms with Crippen LogP contribution in [0.5, 0.6) is 0 Å². The molecule has 1 saturated carbocycles. The zero-order valence-electron chi connectivity index (χ0n) is 14.6. The molecule has 0 unspecified atom stereocenters. The van der Waals surface area contributed by atoms with E-state index in [1.165, 1.54) is 12.8 Å². The van der Waals surface area contributed by atoms with Crippen molar-refractivity contribution in [1.82, 2.24) is 10.2 Å². The Hall–Kier alpha value is -0.770. The van der Waals surface area contributed by atoms with E-state index in [1.54, 1.807) is 0 Å². The lowest BCUT2D eigenvalue weighted by Crippen LogP contribution is -2.50. The van der Waals surface area contributed by atoms with Crippen LogP contribution in [-0.2, 0) is 10.2 Å². The number of amides is 1. The van der Waals surface area contributed by atoms with Gasteiger partial charge in [0.05, 0.1) is 5.41 Å². The van der Waals surface area contributed by atoms with E-state index in [4.69, 9.17) is 11.6 Å². The van der Waals surface area contributed by atoms with Gasteiger partial charge < -0.3 is 10.2 Å². The average molecular weight is 371 g/mol. The fourth-order valence-electron chi connectivity index (χ4n) is 3.34. The van der Waals surface area contributed by atoms with Gasteiger partial charge in [0.2, 0.25) is 5.91 Å². The lowest BCUT2D eigenvalue weighted by molar-refractivity contribution is -0.137. The molecule has 0 aromatic heterocycles. The van der Waals surface area contributed by atoms with Gasteiger partial charge in [0.25, 0.3) is 0 Å². The quantitative estimate of drug-likeness (QED) is 0.848. The highest BCUT2D eigenvalue weighted by molar-refractivity contribution is 6.30. The number of carbonyl (C=O) groups excluding carboxylic acids is 1. The molecule has 134 valence electrons. The van der Waals surface area contributed by atoms with E-state index in [2.05, 4.69) is 5.32 Å². The van der Waals surface area contributed by atoms with Gasteiger partial charge in [-0.25, -0.2) is 0 Å². The molecule has 3 rings (SSSR count). The monoisotopic (exact) mass is 370 g/mol. The largest absolute Gasteiger partial charge is 0.342 e. The molecule has 0 spiro atoms. The molecule has 1 amide bonds. The minimum absolute atomic E-state index is 0. The fraction of sp³-hybridized carbons (Fsp3) is 0.632. The van der Waals surface area contributed by atoms with E-state index < -0.39 is 5.41 Å². The number of likely N-dealkylation sites (tertiary alicyclic amines) is 1. The fourth-order valence-corrected chi connectivity index (χ4v) is 3.53. The zero-order valence-corrected chi connectivity index (χ0v) is 16.1. The van der Waals surface area contributed by atoms with Gasteiger partial charge in [-0.2, -0.15) is 0 Å². The number of carbonyl (C=O) groups is 1. The maximum absolute atomic E-state index is 13.0. The van der Waals surface area contributed by atoms with Gasteiger partial charge in [-0.15, -0.1) is 12.4 Å². The van der Waals surface area contributed by atoms with Crippen LogP contribution in [0.4, 0.5) is 0 Å². The van der Waals surface area contributed by atoms with Crippen molar-refractivity contribution in [3.63, 3.8) is 0 Å². The summed E-state index contributed by atoms with van der Waals surface area (Å²) in [5.74, 6) is 1.12. The highest BCUT2D eigenvalue weighted by Gasteiger charge is 2.35. The number of nitrogens with one attached hydrogen (secondary N) is 1. The van der Waals surface area contributed by atoms with Crippen molar-refractivity contribution in [2.24, 2.45) is 5.92 Å². The Morgan fingerprint density at radius 3 is 2.50 bits per heavy atom. The lowest BCUT2D eigenvalue weighted by Gasteiger charge is -2.37. The van der Waals surface area contributed by atoms with Gasteiger partial charge in [-0.05, 0) is 69.7 Å². The van der Waals surface area contributed by atoms with Gasteiger partial charge >= 0.3 is 0 Å². The van der Waals surface area contributed by atoms with Gasteiger partial charge in [0.15, 0.2) is 0 Å². The molecule has 5 heteroatoms. The number of halogens is 2. The van der Waals surface area contributed by atoms with E-state index in [-0.39, 0.29) is 18.3 Å². The number of benzene rings is 1. The normalized spacial score (nSPS) is 19.0. The predicted octanol–water partition coefficient (Wildman–Crippen LogP) is 4.03. The van der Waals surface area contributed by atoms with Crippen LogP contribution in [0.15, 0.2) is 24.3 Å². The van der Waals surface area contributed by atoms with E-state index in [0.29, 0.717) is 11.1 Å². The molecule has 3 nitrogen and oxygen atoms in total. The highest BCUT2D eigenvalue weighted by atomic mass is 35.5. The summed E-state index contributed by atoms with van der Waals surface area (Å²) in [6, 6.07) is 8.24. The summed E-state index contributed by atoms with van der Waals surface area (Å²) in [5.41, 5.74) is 0.461. The van der Waals surface area contributed by atoms with Crippen molar-refractivity contribution in [3.8, 4) is 0 Å². The molecule has 0 bridgehead atoms. The van der Waals surface area contributed by atoms with Crippen LogP contribution in [-0.4, -0.2) is 36.5 Å². The van der Waals surface area contributed by atoms with Crippen LogP contribution < -0.4 is 5.32 Å². The highest BCUT2D eigenvalue weighted by Crippen LogP contribution is 2.30. The third-order valence-corrected chi connectivity index (χ3v) is 5.49. The molecule has 2 aliphatic rings. The van der Waals surface area contributed by atoms with E-state index in [1.807, 2.05) is 43.0 Å². The molecule has 1 N–H and O–H groups in total. The number of nitrogens with zero attached hydrogens (tertiary/aromatic N) is 1. The first-order chi connectivity index (χ1) is 11.0. The van der Waals surface area contributed by atoms with Crippen molar-refractivity contribution in [2.45, 2.75) is 51.0 Å². The van der Waals surface area contributed by atoms with Crippen LogP contribution in [0.3, 0.4) is 0 Å². The topological polar surface area (TPSA) is 32.3 Å². The Morgan fingerprint density at radius 2 is 1.92 bits per heavy atom. The van der Waals surface area contributed by atoms with Crippen molar-refractivity contribution in [1.29, 1.82) is 0 Å². The summed E-state index contributed by atoms with van der Waals surface area (Å²) in [4.78, 5) is 15.0. The SMILES string of the molecule is CC(C)(C(=O)N1CCC(NCC2CC2)CC1)c1cccc(Cl)c1.Cl. The third kappa shape index (κ3) is 4.65. The molecule has 1 aliphatic heterocycles. The molecular formula is C19H28Cl2N2O. The smallest absolute Gasteiger partial charge is 0.232 e. The van der Waals surface area contributed by atoms with Crippen LogP contribution in [0.25, 0.3) is 0 Å². The first-order valence-corrected chi connectivity index (χ1v) is 9.13. The molecule has 0 radical (unpaired) electrons. The Kier molecular flexibility index (Phi) is 6.58. The summed E-state index contributed by atoms with van der Waals surface area (Å²) in [6.45, 7) is 6.86. The molecule has 1 aliphatic carbocycles. The Morgan fingerprint density at radius 1 is 1.25 bits per heavy atom. The van der Waals surface area contributed by atoms with E-state index in [9.17, 15) is 4.79 Å². The maximum Gasteiger partial charge on any atom is 0.232 e. The summed E-state index contributed by atoms with van der Waals surface area (Å²) >= 11 is 6.09. The molecule has 0 atom stereocenters. The first kappa shape index (κ1) is 19.6. The van der Waals surface area contributed by atoms with Crippen LogP contribution in [0.1, 0.15) is 45.1 Å². The van der Waals surface area contributed by atoms with Crippen molar-refractivity contribution < 1.29 is 4.79 Å². The maximum atomic E-state index is 13.0. The molecule has 1 saturated heterocycles. The minimum atomic E-state index is -0.529. The zero-order chi connectivity index (χ0) is 16.4. The second-order valence-electron chi connectivity index (χ2n) is 7.55. The lowest BCUT2D eigenvalue weighted by atomic mass is 9.82. The minimum Gasteiger partial charge on any atom is -0.342 e. The number of rotatable bonds is 5. The molecule has 2 fully saturated rings. The van der Waals surface area contributed by atoms with E-state index in [0.717, 1.165) is 44.0 Å². The second kappa shape index (κ2) is 8.07. The third-order valence-electron chi connectivity index (χ3n) is 5.26. The van der Waals surface area contributed by atoms with Crippen LogP contribution in [0, 0.1) is 5.92 Å². The molecule has 1 aromatic carbocycles. The van der Waals surface area contributed by atoms with Crippen LogP contribution in [0.2, 0.25) is 5.02 Å². The second-order valence-corrected chi connectivity index (χ2v) is 7.99. The van der Waals surface area contributed by atoms with Crippen molar-refractivity contribution in [3.05, 3.63) is 34.9 Å². The van der Waals surface area contributed by atoms with Gasteiger partial charge in [0, 0.05) is 24.2 Å². The number of hydrogen-bond acceptors (Lipinski definition) is 2. The number of hydrogen-bond donors (Lipinski definition) is 1. The van der Waals surface area contributed by atoms with Crippen molar-refractivity contribution >= 4 is 29.9 Å². The summed E-state index contributed by atoms with van der Waals surface area (Å²) in [5, 5.41) is 4.35. The Labute approximate surface area is 156 Å². The van der Waals surface area contributed by atoms with Gasteiger partial charge in [-0.1, -0.05) is 23.7 Å². The Bertz CT molecular complexity index is 564. The average Bonchev–Trinajstić information content (AvgIpc) is 3.37. The molecule has 1 heterocycles. The first-order valence-electron chi connectivity index (χ1n) is 8.75. The molecular weight excluding hydrogens is 343 g/mol.